The Bertz CT molecular complexity index is 637. The van der Waals surface area contributed by atoms with E-state index in [1.807, 2.05) is 37.4 Å². The summed E-state index contributed by atoms with van der Waals surface area (Å²) in [5.74, 6) is 0.0814. The molecule has 0 bridgehead atoms. The number of nitrogens with two attached hydrogens (primary N) is 1. The Morgan fingerprint density at radius 3 is 2.60 bits per heavy atom. The van der Waals surface area contributed by atoms with E-state index in [2.05, 4.69) is 39.9 Å². The van der Waals surface area contributed by atoms with Crippen molar-refractivity contribution < 1.29 is 0 Å². The highest BCUT2D eigenvalue weighted by Gasteiger charge is 2.11. The van der Waals surface area contributed by atoms with E-state index in [0.29, 0.717) is 0 Å². The summed E-state index contributed by atoms with van der Waals surface area (Å²) in [5.41, 5.74) is 9.92. The van der Waals surface area contributed by atoms with Crippen molar-refractivity contribution in [3.05, 3.63) is 63.6 Å². The van der Waals surface area contributed by atoms with Crippen LogP contribution in [0, 0.1) is 12.3 Å². The molecule has 0 atom stereocenters. The van der Waals surface area contributed by atoms with Gasteiger partial charge in [0, 0.05) is 29.3 Å². The van der Waals surface area contributed by atoms with Crippen LogP contribution in [0.15, 0.2) is 46.9 Å². The fourth-order valence-electron chi connectivity index (χ4n) is 2.19. The number of benzene rings is 2. The lowest BCUT2D eigenvalue weighted by Crippen LogP contribution is -2.22. The molecule has 0 amide bonds. The summed E-state index contributed by atoms with van der Waals surface area (Å²) in [6.45, 7) is 2.89. The van der Waals surface area contributed by atoms with E-state index in [0.717, 1.165) is 22.3 Å². The number of nitrogens with one attached hydrogen (secondary N) is 1. The zero-order chi connectivity index (χ0) is 14.7. The lowest BCUT2D eigenvalue weighted by Gasteiger charge is -2.23. The topological polar surface area (TPSA) is 53.1 Å². The van der Waals surface area contributed by atoms with Crippen molar-refractivity contribution in [2.45, 2.75) is 13.5 Å². The van der Waals surface area contributed by atoms with Gasteiger partial charge in [0.2, 0.25) is 0 Å². The predicted molar refractivity (Wildman–Crippen MR) is 88.4 cm³/mol. The summed E-state index contributed by atoms with van der Waals surface area (Å²) in [4.78, 5) is 2.12. The SMILES string of the molecule is Cc1ccccc1CN(C)c1ccc(Br)cc1C(=N)N. The Hall–Kier alpha value is -1.81. The predicted octanol–water partition coefficient (Wildman–Crippen LogP) is 3.68. The van der Waals surface area contributed by atoms with Gasteiger partial charge in [0.25, 0.3) is 0 Å². The maximum absolute atomic E-state index is 7.72. The van der Waals surface area contributed by atoms with Gasteiger partial charge in [-0.25, -0.2) is 0 Å². The Morgan fingerprint density at radius 1 is 1.25 bits per heavy atom. The third kappa shape index (κ3) is 3.20. The van der Waals surface area contributed by atoms with Crippen LogP contribution in [0.5, 0.6) is 0 Å². The summed E-state index contributed by atoms with van der Waals surface area (Å²) in [5, 5.41) is 7.72. The van der Waals surface area contributed by atoms with Crippen molar-refractivity contribution in [3.63, 3.8) is 0 Å². The van der Waals surface area contributed by atoms with Crippen LogP contribution >= 0.6 is 15.9 Å². The van der Waals surface area contributed by atoms with Crippen LogP contribution in [-0.2, 0) is 6.54 Å². The zero-order valence-electron chi connectivity index (χ0n) is 11.7. The molecule has 4 heteroatoms. The van der Waals surface area contributed by atoms with E-state index in [-0.39, 0.29) is 5.84 Å². The molecule has 3 nitrogen and oxygen atoms in total. The third-order valence-electron chi connectivity index (χ3n) is 3.33. The molecule has 0 aliphatic rings. The molecule has 104 valence electrons. The summed E-state index contributed by atoms with van der Waals surface area (Å²) in [6.07, 6.45) is 0. The molecule has 0 radical (unpaired) electrons. The largest absolute Gasteiger partial charge is 0.384 e. The van der Waals surface area contributed by atoms with E-state index in [9.17, 15) is 0 Å². The molecule has 0 aliphatic carbocycles. The number of hydrogen-bond donors (Lipinski definition) is 2. The molecule has 0 fully saturated rings. The van der Waals surface area contributed by atoms with Gasteiger partial charge in [-0.3, -0.25) is 5.41 Å². The Kier molecular flexibility index (Phi) is 4.45. The molecule has 3 N–H and O–H groups in total. The maximum Gasteiger partial charge on any atom is 0.124 e. The Balaban J connectivity index is 2.32. The Labute approximate surface area is 128 Å². The number of amidine groups is 1. The molecule has 2 rings (SSSR count). The number of nitrogens with zero attached hydrogens (tertiary/aromatic N) is 1. The number of rotatable bonds is 4. The van der Waals surface area contributed by atoms with Gasteiger partial charge >= 0.3 is 0 Å². The zero-order valence-corrected chi connectivity index (χ0v) is 13.2. The van der Waals surface area contributed by atoms with Crippen LogP contribution in [0.1, 0.15) is 16.7 Å². The minimum absolute atomic E-state index is 0.0814. The number of nitrogen functional groups attached to an aromatic ring is 1. The first-order chi connectivity index (χ1) is 9.49. The van der Waals surface area contributed by atoms with Crippen molar-refractivity contribution >= 4 is 27.5 Å². The molecule has 20 heavy (non-hydrogen) atoms. The number of hydrogen-bond acceptors (Lipinski definition) is 2. The van der Waals surface area contributed by atoms with Crippen LogP contribution in [0.2, 0.25) is 0 Å². The van der Waals surface area contributed by atoms with Gasteiger partial charge in [0.05, 0.1) is 0 Å². The van der Waals surface area contributed by atoms with Gasteiger partial charge < -0.3 is 10.6 Å². The maximum atomic E-state index is 7.72. The lowest BCUT2D eigenvalue weighted by atomic mass is 10.1. The fourth-order valence-corrected chi connectivity index (χ4v) is 2.55. The van der Waals surface area contributed by atoms with Crippen LogP contribution in [0.25, 0.3) is 0 Å². The number of anilines is 1. The molecule has 0 unspecified atom stereocenters. The van der Waals surface area contributed by atoms with Crippen molar-refractivity contribution in [1.82, 2.24) is 0 Å². The van der Waals surface area contributed by atoms with E-state index >= 15 is 0 Å². The number of aryl methyl sites for hydroxylation is 1. The van der Waals surface area contributed by atoms with Crippen LogP contribution in [0.3, 0.4) is 0 Å². The first kappa shape index (κ1) is 14.6. The molecular weight excluding hydrogens is 314 g/mol. The van der Waals surface area contributed by atoms with Crippen LogP contribution in [0.4, 0.5) is 5.69 Å². The average molecular weight is 332 g/mol. The smallest absolute Gasteiger partial charge is 0.124 e. The average Bonchev–Trinajstić information content (AvgIpc) is 2.41. The first-order valence-electron chi connectivity index (χ1n) is 6.38. The first-order valence-corrected chi connectivity index (χ1v) is 7.18. The molecule has 0 saturated carbocycles. The molecule has 0 saturated heterocycles. The molecule has 0 heterocycles. The monoisotopic (exact) mass is 331 g/mol. The van der Waals surface area contributed by atoms with Crippen LogP contribution < -0.4 is 10.6 Å². The summed E-state index contributed by atoms with van der Waals surface area (Å²) >= 11 is 3.42. The summed E-state index contributed by atoms with van der Waals surface area (Å²) in [6, 6.07) is 14.2. The third-order valence-corrected chi connectivity index (χ3v) is 3.82. The molecule has 0 spiro atoms. The molecule has 2 aromatic rings. The van der Waals surface area contributed by atoms with Gasteiger partial charge in [0.1, 0.15) is 5.84 Å². The summed E-state index contributed by atoms with van der Waals surface area (Å²) < 4.78 is 0.927. The fraction of sp³-hybridized carbons (Fsp3) is 0.188. The minimum atomic E-state index is 0.0814. The van der Waals surface area contributed by atoms with Crippen molar-refractivity contribution in [2.75, 3.05) is 11.9 Å². The highest BCUT2D eigenvalue weighted by molar-refractivity contribution is 9.10. The van der Waals surface area contributed by atoms with E-state index in [4.69, 9.17) is 11.1 Å². The highest BCUT2D eigenvalue weighted by Crippen LogP contribution is 2.25. The van der Waals surface area contributed by atoms with Crippen LogP contribution in [-0.4, -0.2) is 12.9 Å². The summed E-state index contributed by atoms with van der Waals surface area (Å²) in [7, 11) is 2.02. The lowest BCUT2D eigenvalue weighted by molar-refractivity contribution is 0.912. The van der Waals surface area contributed by atoms with Gasteiger partial charge in [-0.05, 0) is 36.2 Å². The quantitative estimate of drug-likeness (QED) is 0.663. The molecular formula is C16H18BrN3. The van der Waals surface area contributed by atoms with Crippen molar-refractivity contribution in [1.29, 1.82) is 5.41 Å². The van der Waals surface area contributed by atoms with Gasteiger partial charge in [-0.2, -0.15) is 0 Å². The van der Waals surface area contributed by atoms with E-state index in [1.54, 1.807) is 0 Å². The minimum Gasteiger partial charge on any atom is -0.384 e. The van der Waals surface area contributed by atoms with Crippen molar-refractivity contribution in [3.8, 4) is 0 Å². The van der Waals surface area contributed by atoms with E-state index in [1.165, 1.54) is 11.1 Å². The van der Waals surface area contributed by atoms with Gasteiger partial charge in [0.15, 0.2) is 0 Å². The van der Waals surface area contributed by atoms with E-state index < -0.39 is 0 Å². The standard InChI is InChI=1S/C16H18BrN3/c1-11-5-3-4-6-12(11)10-20(2)15-8-7-13(17)9-14(15)16(18)19/h3-9H,10H2,1-2H3,(H3,18,19). The molecule has 0 aromatic heterocycles. The molecule has 2 aromatic carbocycles. The second kappa shape index (κ2) is 6.09. The Morgan fingerprint density at radius 2 is 1.95 bits per heavy atom. The van der Waals surface area contributed by atoms with Crippen molar-refractivity contribution in [2.24, 2.45) is 5.73 Å². The normalized spacial score (nSPS) is 10.3. The molecule has 0 aliphatic heterocycles. The van der Waals surface area contributed by atoms with Gasteiger partial charge in [-0.15, -0.1) is 0 Å². The number of halogens is 1. The van der Waals surface area contributed by atoms with Gasteiger partial charge in [-0.1, -0.05) is 40.2 Å². The second-order valence-corrected chi connectivity index (χ2v) is 5.77. The highest BCUT2D eigenvalue weighted by atomic mass is 79.9. The second-order valence-electron chi connectivity index (χ2n) is 4.86.